The fourth-order valence-corrected chi connectivity index (χ4v) is 2.41. The van der Waals surface area contributed by atoms with E-state index in [4.69, 9.17) is 14.2 Å². The van der Waals surface area contributed by atoms with Gasteiger partial charge < -0.3 is 19.5 Å². The van der Waals surface area contributed by atoms with Crippen LogP contribution in [0, 0.1) is 0 Å². The van der Waals surface area contributed by atoms with Crippen LogP contribution in [0.4, 0.5) is 0 Å². The van der Waals surface area contributed by atoms with Gasteiger partial charge in [0.1, 0.15) is 0 Å². The van der Waals surface area contributed by atoms with Gasteiger partial charge in [0.15, 0.2) is 0 Å². The summed E-state index contributed by atoms with van der Waals surface area (Å²) in [5, 5.41) is 3.65. The van der Waals surface area contributed by atoms with E-state index in [1.807, 2.05) is 0 Å². The Morgan fingerprint density at radius 2 is 1.80 bits per heavy atom. The minimum absolute atomic E-state index is 0.250. The van der Waals surface area contributed by atoms with E-state index in [-0.39, 0.29) is 5.54 Å². The van der Waals surface area contributed by atoms with Gasteiger partial charge in [-0.15, -0.1) is 0 Å². The molecule has 20 heavy (non-hydrogen) atoms. The van der Waals surface area contributed by atoms with Crippen molar-refractivity contribution in [1.29, 1.82) is 0 Å². The van der Waals surface area contributed by atoms with E-state index in [1.54, 1.807) is 7.11 Å². The number of rotatable bonds is 10. The standard InChI is InChI=1S/C15H32N2O3/c1-4-15(2)14-17(7-5-6-16-15)8-9-19-12-13-20-11-10-18-3/h16H,4-14H2,1-3H3. The van der Waals surface area contributed by atoms with E-state index >= 15 is 0 Å². The van der Waals surface area contributed by atoms with Crippen LogP contribution in [0.2, 0.25) is 0 Å². The lowest BCUT2D eigenvalue weighted by atomic mass is 9.99. The average Bonchev–Trinajstić information content (AvgIpc) is 2.64. The Morgan fingerprint density at radius 3 is 2.50 bits per heavy atom. The van der Waals surface area contributed by atoms with Crippen LogP contribution in [0.1, 0.15) is 26.7 Å². The van der Waals surface area contributed by atoms with Crippen LogP contribution in [0.5, 0.6) is 0 Å². The first-order valence-corrected chi connectivity index (χ1v) is 7.82. The molecule has 0 aromatic carbocycles. The van der Waals surface area contributed by atoms with Crippen LogP contribution >= 0.6 is 0 Å². The molecule has 1 aliphatic heterocycles. The van der Waals surface area contributed by atoms with Crippen molar-refractivity contribution in [2.75, 3.05) is 66.3 Å². The number of hydrogen-bond donors (Lipinski definition) is 1. The molecule has 1 fully saturated rings. The molecule has 1 saturated heterocycles. The molecule has 0 bridgehead atoms. The summed E-state index contributed by atoms with van der Waals surface area (Å²) in [6.45, 7) is 12.4. The highest BCUT2D eigenvalue weighted by Crippen LogP contribution is 2.14. The molecule has 1 N–H and O–H groups in total. The van der Waals surface area contributed by atoms with E-state index in [1.165, 1.54) is 6.42 Å². The third kappa shape index (κ3) is 7.55. The number of ether oxygens (including phenoxy) is 3. The first-order valence-electron chi connectivity index (χ1n) is 7.82. The molecule has 1 heterocycles. The molecule has 1 aliphatic rings. The zero-order chi connectivity index (χ0) is 14.7. The van der Waals surface area contributed by atoms with Gasteiger partial charge in [-0.3, -0.25) is 4.90 Å². The van der Waals surface area contributed by atoms with E-state index in [9.17, 15) is 0 Å². The number of nitrogens with zero attached hydrogens (tertiary/aromatic N) is 1. The summed E-state index contributed by atoms with van der Waals surface area (Å²) in [6.07, 6.45) is 2.38. The number of nitrogens with one attached hydrogen (secondary N) is 1. The van der Waals surface area contributed by atoms with Crippen molar-refractivity contribution in [1.82, 2.24) is 10.2 Å². The molecular formula is C15H32N2O3. The summed E-state index contributed by atoms with van der Waals surface area (Å²) in [6, 6.07) is 0. The molecule has 0 aromatic rings. The molecule has 5 heteroatoms. The summed E-state index contributed by atoms with van der Waals surface area (Å²) in [5.41, 5.74) is 0.250. The Bertz CT molecular complexity index is 241. The molecule has 0 radical (unpaired) electrons. The molecule has 1 atom stereocenters. The van der Waals surface area contributed by atoms with Crippen molar-refractivity contribution in [2.45, 2.75) is 32.2 Å². The molecule has 0 spiro atoms. The quantitative estimate of drug-likeness (QED) is 0.611. The van der Waals surface area contributed by atoms with E-state index in [2.05, 4.69) is 24.1 Å². The molecular weight excluding hydrogens is 256 g/mol. The minimum atomic E-state index is 0.250. The van der Waals surface area contributed by atoms with Crippen molar-refractivity contribution in [3.63, 3.8) is 0 Å². The van der Waals surface area contributed by atoms with Gasteiger partial charge in [-0.1, -0.05) is 6.92 Å². The van der Waals surface area contributed by atoms with Crippen LogP contribution in [-0.2, 0) is 14.2 Å². The highest BCUT2D eigenvalue weighted by molar-refractivity contribution is 4.87. The van der Waals surface area contributed by atoms with Crippen LogP contribution in [0.3, 0.4) is 0 Å². The van der Waals surface area contributed by atoms with Gasteiger partial charge >= 0.3 is 0 Å². The first kappa shape index (κ1) is 17.9. The van der Waals surface area contributed by atoms with Crippen molar-refractivity contribution >= 4 is 0 Å². The molecule has 0 aromatic heterocycles. The second-order valence-electron chi connectivity index (χ2n) is 5.69. The lowest BCUT2D eigenvalue weighted by molar-refractivity contribution is 0.0186. The monoisotopic (exact) mass is 288 g/mol. The predicted octanol–water partition coefficient (Wildman–Crippen LogP) is 1.13. The van der Waals surface area contributed by atoms with Crippen LogP contribution in [-0.4, -0.2) is 76.8 Å². The SMILES string of the molecule is CCC1(C)CN(CCOCCOCCOC)CCCN1. The minimum Gasteiger partial charge on any atom is -0.382 e. The Morgan fingerprint density at radius 1 is 1.10 bits per heavy atom. The molecule has 0 amide bonds. The maximum Gasteiger partial charge on any atom is 0.0701 e. The van der Waals surface area contributed by atoms with Gasteiger partial charge in [0.05, 0.1) is 33.0 Å². The molecule has 1 rings (SSSR count). The third-order valence-electron chi connectivity index (χ3n) is 3.91. The third-order valence-corrected chi connectivity index (χ3v) is 3.91. The summed E-state index contributed by atoms with van der Waals surface area (Å²) in [7, 11) is 1.68. The average molecular weight is 288 g/mol. The molecule has 120 valence electrons. The van der Waals surface area contributed by atoms with Gasteiger partial charge in [0.2, 0.25) is 0 Å². The normalized spacial score (nSPS) is 24.8. The second kappa shape index (κ2) is 10.5. The zero-order valence-corrected chi connectivity index (χ0v) is 13.5. The predicted molar refractivity (Wildman–Crippen MR) is 81.3 cm³/mol. The summed E-state index contributed by atoms with van der Waals surface area (Å²) >= 11 is 0. The second-order valence-corrected chi connectivity index (χ2v) is 5.69. The maximum absolute atomic E-state index is 5.63. The zero-order valence-electron chi connectivity index (χ0n) is 13.5. The van der Waals surface area contributed by atoms with Gasteiger partial charge in [0.25, 0.3) is 0 Å². The van der Waals surface area contributed by atoms with E-state index in [0.29, 0.717) is 26.4 Å². The van der Waals surface area contributed by atoms with Crippen molar-refractivity contribution in [3.05, 3.63) is 0 Å². The van der Waals surface area contributed by atoms with E-state index < -0.39 is 0 Å². The lowest BCUT2D eigenvalue weighted by Crippen LogP contribution is -2.49. The maximum atomic E-state index is 5.63. The van der Waals surface area contributed by atoms with Crippen LogP contribution in [0.25, 0.3) is 0 Å². The smallest absolute Gasteiger partial charge is 0.0701 e. The topological polar surface area (TPSA) is 43.0 Å². The Labute approximate surface area is 123 Å². The molecule has 0 aliphatic carbocycles. The van der Waals surface area contributed by atoms with Gasteiger partial charge in [0, 0.05) is 25.7 Å². The number of hydrogen-bond acceptors (Lipinski definition) is 5. The number of methoxy groups -OCH3 is 1. The molecule has 1 unspecified atom stereocenters. The fraction of sp³-hybridized carbons (Fsp3) is 1.00. The lowest BCUT2D eigenvalue weighted by Gasteiger charge is -2.32. The molecule has 5 nitrogen and oxygen atoms in total. The van der Waals surface area contributed by atoms with Gasteiger partial charge in [-0.05, 0) is 32.9 Å². The Balaban J connectivity index is 2.05. The van der Waals surface area contributed by atoms with Crippen molar-refractivity contribution in [2.24, 2.45) is 0 Å². The van der Waals surface area contributed by atoms with Crippen LogP contribution in [0.15, 0.2) is 0 Å². The van der Waals surface area contributed by atoms with Crippen LogP contribution < -0.4 is 5.32 Å². The first-order chi connectivity index (χ1) is 9.70. The molecule has 0 saturated carbocycles. The Hall–Kier alpha value is -0.200. The van der Waals surface area contributed by atoms with Gasteiger partial charge in [-0.2, -0.15) is 0 Å². The summed E-state index contributed by atoms with van der Waals surface area (Å²) in [4.78, 5) is 2.51. The van der Waals surface area contributed by atoms with Crippen molar-refractivity contribution < 1.29 is 14.2 Å². The van der Waals surface area contributed by atoms with Gasteiger partial charge in [-0.25, -0.2) is 0 Å². The largest absolute Gasteiger partial charge is 0.382 e. The summed E-state index contributed by atoms with van der Waals surface area (Å²) in [5.74, 6) is 0. The van der Waals surface area contributed by atoms with Crippen molar-refractivity contribution in [3.8, 4) is 0 Å². The Kier molecular flexibility index (Phi) is 9.39. The summed E-state index contributed by atoms with van der Waals surface area (Å²) < 4.78 is 15.9. The fourth-order valence-electron chi connectivity index (χ4n) is 2.41. The van der Waals surface area contributed by atoms with E-state index in [0.717, 1.165) is 39.2 Å². The highest BCUT2D eigenvalue weighted by atomic mass is 16.5. The highest BCUT2D eigenvalue weighted by Gasteiger charge is 2.26.